The van der Waals surface area contributed by atoms with Crippen molar-refractivity contribution in [1.82, 2.24) is 0 Å². The molecule has 2 rings (SSSR count). The summed E-state index contributed by atoms with van der Waals surface area (Å²) in [6.07, 6.45) is 0. The van der Waals surface area contributed by atoms with E-state index in [0.717, 1.165) is 4.47 Å². The van der Waals surface area contributed by atoms with Crippen molar-refractivity contribution >= 4 is 56.3 Å². The summed E-state index contributed by atoms with van der Waals surface area (Å²) in [5.74, 6) is -0.0694. The average molecular weight is 336 g/mol. The van der Waals surface area contributed by atoms with E-state index in [1.165, 1.54) is 11.3 Å². The summed E-state index contributed by atoms with van der Waals surface area (Å²) in [6.45, 7) is 0. The third kappa shape index (κ3) is 2.48. The minimum absolute atomic E-state index is 0.0694. The summed E-state index contributed by atoms with van der Waals surface area (Å²) >= 11 is 16.2. The van der Waals surface area contributed by atoms with Crippen molar-refractivity contribution in [3.63, 3.8) is 0 Å². The first kappa shape index (κ1) is 12.1. The molecule has 0 atom stereocenters. The quantitative estimate of drug-likeness (QED) is 0.702. The topological polar surface area (TPSA) is 17.1 Å². The Kier molecular flexibility index (Phi) is 3.70. The summed E-state index contributed by atoms with van der Waals surface area (Å²) in [6, 6.07) is 8.58. The Balaban J connectivity index is 2.39. The van der Waals surface area contributed by atoms with Crippen LogP contribution in [0.5, 0.6) is 0 Å². The molecule has 82 valence electrons. The molecule has 0 radical (unpaired) electrons. The largest absolute Gasteiger partial charge is 0.288 e. The highest BCUT2D eigenvalue weighted by molar-refractivity contribution is 9.10. The van der Waals surface area contributed by atoms with Crippen molar-refractivity contribution in [3.05, 3.63) is 54.6 Å². The van der Waals surface area contributed by atoms with Gasteiger partial charge in [-0.1, -0.05) is 35.3 Å². The van der Waals surface area contributed by atoms with E-state index in [4.69, 9.17) is 23.2 Å². The molecule has 0 aliphatic carbocycles. The monoisotopic (exact) mass is 334 g/mol. The van der Waals surface area contributed by atoms with Gasteiger partial charge in [0.25, 0.3) is 0 Å². The van der Waals surface area contributed by atoms with Crippen LogP contribution in [0, 0.1) is 0 Å². The molecule has 0 fully saturated rings. The average Bonchev–Trinajstić information content (AvgIpc) is 2.58. The van der Waals surface area contributed by atoms with Gasteiger partial charge in [0.05, 0.1) is 4.88 Å². The molecule has 0 saturated carbocycles. The van der Waals surface area contributed by atoms with Gasteiger partial charge in [-0.25, -0.2) is 0 Å². The van der Waals surface area contributed by atoms with E-state index in [2.05, 4.69) is 15.9 Å². The normalized spacial score (nSPS) is 10.4. The van der Waals surface area contributed by atoms with Crippen LogP contribution in [0.15, 0.2) is 34.8 Å². The third-order valence-corrected chi connectivity index (χ3v) is 4.66. The predicted octanol–water partition coefficient (Wildman–Crippen LogP) is 5.05. The molecule has 1 aromatic carbocycles. The number of hydrogen-bond acceptors (Lipinski definition) is 2. The highest BCUT2D eigenvalue weighted by atomic mass is 79.9. The first-order valence-electron chi connectivity index (χ1n) is 4.33. The third-order valence-electron chi connectivity index (χ3n) is 1.96. The lowest BCUT2D eigenvalue weighted by atomic mass is 10.1. The molecule has 0 saturated heterocycles. The van der Waals surface area contributed by atoms with Gasteiger partial charge < -0.3 is 0 Å². The molecule has 0 amide bonds. The van der Waals surface area contributed by atoms with Gasteiger partial charge in [0.15, 0.2) is 0 Å². The molecule has 1 heterocycles. The Labute approximate surface area is 115 Å². The van der Waals surface area contributed by atoms with Crippen LogP contribution in [0.4, 0.5) is 0 Å². The number of carbonyl (C=O) groups excluding carboxylic acids is 1. The lowest BCUT2D eigenvalue weighted by Gasteiger charge is -1.97. The van der Waals surface area contributed by atoms with Gasteiger partial charge in [-0.2, -0.15) is 0 Å². The lowest BCUT2D eigenvalue weighted by molar-refractivity contribution is 0.104. The van der Waals surface area contributed by atoms with E-state index in [0.29, 0.717) is 19.8 Å². The maximum absolute atomic E-state index is 12.0. The molecule has 1 nitrogen and oxygen atoms in total. The van der Waals surface area contributed by atoms with Crippen molar-refractivity contribution in [1.29, 1.82) is 0 Å². The molecular formula is C11H5BrCl2OS. The molecule has 1 aromatic heterocycles. The fraction of sp³-hybridized carbons (Fsp3) is 0. The van der Waals surface area contributed by atoms with Gasteiger partial charge in [-0.3, -0.25) is 4.79 Å². The Morgan fingerprint density at radius 1 is 1.25 bits per heavy atom. The van der Waals surface area contributed by atoms with Crippen molar-refractivity contribution in [3.8, 4) is 0 Å². The second kappa shape index (κ2) is 4.88. The van der Waals surface area contributed by atoms with Crippen LogP contribution in [0.1, 0.15) is 15.2 Å². The van der Waals surface area contributed by atoms with Gasteiger partial charge in [0.1, 0.15) is 4.34 Å². The van der Waals surface area contributed by atoms with Gasteiger partial charge in [0, 0.05) is 15.1 Å². The van der Waals surface area contributed by atoms with Crippen molar-refractivity contribution in [2.45, 2.75) is 0 Å². The van der Waals surface area contributed by atoms with Crippen LogP contribution in [-0.2, 0) is 0 Å². The highest BCUT2D eigenvalue weighted by Gasteiger charge is 2.14. The fourth-order valence-corrected chi connectivity index (χ4v) is 3.08. The van der Waals surface area contributed by atoms with Crippen LogP contribution >= 0.6 is 50.5 Å². The minimum Gasteiger partial charge on any atom is -0.288 e. The Morgan fingerprint density at radius 2 is 2.00 bits per heavy atom. The van der Waals surface area contributed by atoms with Crippen LogP contribution in [-0.4, -0.2) is 5.78 Å². The van der Waals surface area contributed by atoms with Crippen molar-refractivity contribution in [2.75, 3.05) is 0 Å². The number of carbonyl (C=O) groups is 1. The van der Waals surface area contributed by atoms with Crippen LogP contribution in [0.2, 0.25) is 9.36 Å². The van der Waals surface area contributed by atoms with Gasteiger partial charge in [-0.05, 0) is 34.1 Å². The molecule has 0 spiro atoms. The minimum atomic E-state index is -0.0694. The highest BCUT2D eigenvalue weighted by Crippen LogP contribution is 2.33. The fourth-order valence-electron chi connectivity index (χ4n) is 1.23. The summed E-state index contributed by atoms with van der Waals surface area (Å²) in [4.78, 5) is 12.6. The van der Waals surface area contributed by atoms with E-state index < -0.39 is 0 Å². The molecule has 0 aliphatic heterocycles. The second-order valence-corrected chi connectivity index (χ2v) is 6.02. The van der Waals surface area contributed by atoms with Gasteiger partial charge >= 0.3 is 0 Å². The second-order valence-electron chi connectivity index (χ2n) is 3.07. The summed E-state index contributed by atoms with van der Waals surface area (Å²) in [5, 5.41) is 0.549. The Morgan fingerprint density at radius 3 is 2.56 bits per heavy atom. The van der Waals surface area contributed by atoms with Gasteiger partial charge in [0.2, 0.25) is 5.78 Å². The summed E-state index contributed by atoms with van der Waals surface area (Å²) in [5.41, 5.74) is 0.568. The Hall–Kier alpha value is -0.350. The zero-order valence-corrected chi connectivity index (χ0v) is 11.8. The zero-order valence-electron chi connectivity index (χ0n) is 7.84. The van der Waals surface area contributed by atoms with Crippen LogP contribution in [0.25, 0.3) is 0 Å². The van der Waals surface area contributed by atoms with E-state index in [1.807, 2.05) is 0 Å². The molecule has 16 heavy (non-hydrogen) atoms. The van der Waals surface area contributed by atoms with E-state index in [9.17, 15) is 4.79 Å². The first-order valence-corrected chi connectivity index (χ1v) is 6.69. The summed E-state index contributed by atoms with van der Waals surface area (Å²) < 4.78 is 1.31. The number of halogens is 3. The predicted molar refractivity (Wildman–Crippen MR) is 71.9 cm³/mol. The van der Waals surface area contributed by atoms with E-state index in [-0.39, 0.29) is 5.78 Å². The smallest absolute Gasteiger partial charge is 0.203 e. The number of rotatable bonds is 2. The van der Waals surface area contributed by atoms with Crippen molar-refractivity contribution in [2.24, 2.45) is 0 Å². The maximum Gasteiger partial charge on any atom is 0.203 e. The SMILES string of the molecule is O=C(c1cccc(Cl)c1)c1cc(Br)c(Cl)s1. The maximum atomic E-state index is 12.0. The standard InChI is InChI=1S/C11H5BrCl2OS/c12-8-5-9(16-11(8)14)10(15)6-2-1-3-7(13)4-6/h1-5H. The number of hydrogen-bond donors (Lipinski definition) is 0. The zero-order chi connectivity index (χ0) is 11.7. The number of benzene rings is 1. The molecule has 5 heteroatoms. The first-order chi connectivity index (χ1) is 7.58. The molecule has 0 N–H and O–H groups in total. The molecule has 0 bridgehead atoms. The van der Waals surface area contributed by atoms with Crippen molar-refractivity contribution < 1.29 is 4.79 Å². The molecule has 2 aromatic rings. The molecular weight excluding hydrogens is 331 g/mol. The van der Waals surface area contributed by atoms with E-state index >= 15 is 0 Å². The lowest BCUT2D eigenvalue weighted by Crippen LogP contribution is -1.97. The summed E-state index contributed by atoms with van der Waals surface area (Å²) in [7, 11) is 0. The number of ketones is 1. The Bertz CT molecular complexity index is 531. The van der Waals surface area contributed by atoms with Crippen LogP contribution in [0.3, 0.4) is 0 Å². The van der Waals surface area contributed by atoms with Gasteiger partial charge in [-0.15, -0.1) is 11.3 Å². The molecule has 0 unspecified atom stereocenters. The van der Waals surface area contributed by atoms with Crippen LogP contribution < -0.4 is 0 Å². The number of thiophene rings is 1. The van der Waals surface area contributed by atoms with E-state index in [1.54, 1.807) is 30.3 Å². The molecule has 0 aliphatic rings.